The number of carbonyl (C=O) groups is 1. The van der Waals surface area contributed by atoms with Gasteiger partial charge in [0.2, 0.25) is 5.95 Å². The number of fused-ring (bicyclic) bond motifs is 1. The molecular weight excluding hydrogens is 572 g/mol. The van der Waals surface area contributed by atoms with E-state index in [-0.39, 0.29) is 18.3 Å². The number of nitrogens with zero attached hydrogens (tertiary/aromatic N) is 4. The van der Waals surface area contributed by atoms with Crippen LogP contribution in [0, 0.1) is 6.92 Å². The Kier molecular flexibility index (Phi) is 9.96. The molecule has 1 aliphatic heterocycles. The molecule has 1 aliphatic rings. The average Bonchev–Trinajstić information content (AvgIpc) is 2.96. The number of aryl methyl sites for hydroxylation is 1. The molecular formula is C25H28F3N5O3S3. The van der Waals surface area contributed by atoms with Crippen molar-refractivity contribution in [3.05, 3.63) is 48.2 Å². The van der Waals surface area contributed by atoms with Gasteiger partial charge in [0.25, 0.3) is 5.91 Å². The molecule has 2 aromatic carbocycles. The van der Waals surface area contributed by atoms with Crippen LogP contribution < -0.4 is 19.7 Å². The van der Waals surface area contributed by atoms with Crippen LogP contribution in [0.5, 0.6) is 11.5 Å². The molecule has 1 aromatic heterocycles. The number of amides is 1. The Bertz CT molecular complexity index is 1270. The summed E-state index contributed by atoms with van der Waals surface area (Å²) in [5.41, 5.74) is 2.21. The van der Waals surface area contributed by atoms with Crippen LogP contribution >= 0.6 is 36.4 Å². The van der Waals surface area contributed by atoms with Crippen LogP contribution in [0.2, 0.25) is 0 Å². The van der Waals surface area contributed by atoms with Gasteiger partial charge in [-0.15, -0.1) is 0 Å². The van der Waals surface area contributed by atoms with Gasteiger partial charge in [0, 0.05) is 30.2 Å². The summed E-state index contributed by atoms with van der Waals surface area (Å²) in [6.45, 7) is 3.46. The van der Waals surface area contributed by atoms with Gasteiger partial charge in [0.1, 0.15) is 47.9 Å². The number of nitrogens with one attached hydrogen (secondary N) is 1. The summed E-state index contributed by atoms with van der Waals surface area (Å²) in [4.78, 5) is 26.4. The van der Waals surface area contributed by atoms with Crippen molar-refractivity contribution in [2.24, 2.45) is 0 Å². The van der Waals surface area contributed by atoms with Crippen LogP contribution in [-0.4, -0.2) is 64.2 Å². The minimum Gasteiger partial charge on any atom is -0.484 e. The number of piperidine rings is 1. The Morgan fingerprint density at radius 3 is 2.31 bits per heavy atom. The smallest absolute Gasteiger partial charge is 0.338 e. The number of halogens is 3. The van der Waals surface area contributed by atoms with E-state index in [1.54, 1.807) is 6.07 Å². The van der Waals surface area contributed by atoms with E-state index in [1.165, 1.54) is 24.3 Å². The summed E-state index contributed by atoms with van der Waals surface area (Å²) in [5.74, 6) is 0.688. The van der Waals surface area contributed by atoms with E-state index in [2.05, 4.69) is 29.2 Å². The molecule has 3 aromatic rings. The first-order valence-corrected chi connectivity index (χ1v) is 14.2. The Labute approximate surface area is 238 Å². The summed E-state index contributed by atoms with van der Waals surface area (Å²) in [6.07, 6.45) is 2.13. The van der Waals surface area contributed by atoms with Crippen molar-refractivity contribution >= 4 is 64.9 Å². The normalized spacial score (nSPS) is 14.6. The molecule has 39 heavy (non-hydrogen) atoms. The lowest BCUT2D eigenvalue weighted by molar-refractivity contribution is -0.118. The molecule has 1 fully saturated rings. The second kappa shape index (κ2) is 13.2. The molecule has 1 saturated heterocycles. The van der Waals surface area contributed by atoms with Gasteiger partial charge < -0.3 is 24.6 Å². The number of rotatable bonds is 11. The largest absolute Gasteiger partial charge is 0.484 e. The van der Waals surface area contributed by atoms with Crippen molar-refractivity contribution in [2.45, 2.75) is 29.4 Å². The number of carbonyl (C=O) groups excluding carboxylic acids is 1. The first-order valence-electron chi connectivity index (χ1n) is 12.1. The SMILES string of the molecule is Cc1nc(N2CCC(N(C)C)CC2)nc2ccc(NC(=O)COc3ccc(OC(SF)(SF)SF)cc3)cc12. The molecule has 0 spiro atoms. The van der Waals surface area contributed by atoms with Crippen LogP contribution in [0.1, 0.15) is 18.5 Å². The fourth-order valence-corrected chi connectivity index (χ4v) is 4.91. The van der Waals surface area contributed by atoms with E-state index < -0.39 is 40.0 Å². The highest BCUT2D eigenvalue weighted by Crippen LogP contribution is 2.49. The van der Waals surface area contributed by atoms with E-state index in [0.717, 1.165) is 48.5 Å². The van der Waals surface area contributed by atoms with Gasteiger partial charge in [-0.25, -0.2) is 9.97 Å². The summed E-state index contributed by atoms with van der Waals surface area (Å²) < 4.78 is 46.8. The molecule has 1 N–H and O–H groups in total. The number of hydrogen-bond acceptors (Lipinski definition) is 10. The maximum absolute atomic E-state index is 12.9. The van der Waals surface area contributed by atoms with Gasteiger partial charge in [-0.2, -0.15) is 11.7 Å². The second-order valence-corrected chi connectivity index (χ2v) is 12.1. The third-order valence-corrected chi connectivity index (χ3v) is 8.31. The molecule has 4 rings (SSSR count). The van der Waals surface area contributed by atoms with E-state index in [0.29, 0.717) is 17.5 Å². The minimum absolute atomic E-state index is 0.0298. The molecule has 210 valence electrons. The standard InChI is InChI=1S/C25H28F3N5O3S3/c1-16-21-14-17(4-9-22(21)31-24(29-16)33-12-10-18(11-13-33)32(2)3)30-23(34)15-35-19-5-7-20(8-6-19)36-25(37-26,38-27)39-28/h4-9,14,18H,10-13,15H2,1-3H3,(H,30,34). The van der Waals surface area contributed by atoms with Gasteiger partial charge in [-0.3, -0.25) is 4.79 Å². The van der Waals surface area contributed by atoms with Crippen LogP contribution in [0.15, 0.2) is 42.5 Å². The van der Waals surface area contributed by atoms with Crippen molar-refractivity contribution in [1.29, 1.82) is 0 Å². The van der Waals surface area contributed by atoms with Crippen molar-refractivity contribution in [3.8, 4) is 11.5 Å². The van der Waals surface area contributed by atoms with E-state index in [4.69, 9.17) is 19.4 Å². The number of hydrogen-bond donors (Lipinski definition) is 1. The Balaban J connectivity index is 1.34. The monoisotopic (exact) mass is 599 g/mol. The summed E-state index contributed by atoms with van der Waals surface area (Å²) in [7, 11) is 4.22. The number of ether oxygens (including phenoxy) is 2. The van der Waals surface area contributed by atoms with Gasteiger partial charge in [-0.1, -0.05) is 0 Å². The van der Waals surface area contributed by atoms with Gasteiger partial charge in [0.05, 0.1) is 11.2 Å². The Hall–Kier alpha value is -2.55. The molecule has 0 aliphatic carbocycles. The zero-order valence-corrected chi connectivity index (χ0v) is 24.0. The third-order valence-electron chi connectivity index (χ3n) is 6.36. The zero-order valence-electron chi connectivity index (χ0n) is 21.5. The lowest BCUT2D eigenvalue weighted by Crippen LogP contribution is -2.42. The maximum atomic E-state index is 12.9. The molecule has 0 unspecified atom stereocenters. The van der Waals surface area contributed by atoms with Gasteiger partial charge in [0.15, 0.2) is 6.61 Å². The van der Waals surface area contributed by atoms with E-state index >= 15 is 0 Å². The van der Waals surface area contributed by atoms with Crippen LogP contribution in [0.25, 0.3) is 10.9 Å². The highest BCUT2D eigenvalue weighted by Gasteiger charge is 2.40. The van der Waals surface area contributed by atoms with Crippen LogP contribution in [-0.2, 0) is 4.79 Å². The summed E-state index contributed by atoms with van der Waals surface area (Å²) in [6, 6.07) is 11.6. The summed E-state index contributed by atoms with van der Waals surface area (Å²) >= 11 is -1.80. The Morgan fingerprint density at radius 2 is 1.69 bits per heavy atom. The lowest BCUT2D eigenvalue weighted by Gasteiger charge is -2.35. The zero-order chi connectivity index (χ0) is 28.0. The molecule has 8 nitrogen and oxygen atoms in total. The second-order valence-electron chi connectivity index (χ2n) is 9.16. The summed E-state index contributed by atoms with van der Waals surface area (Å²) in [5, 5.41) is 3.64. The fraction of sp³-hybridized carbons (Fsp3) is 0.400. The topological polar surface area (TPSA) is 79.8 Å². The number of anilines is 2. The van der Waals surface area contributed by atoms with E-state index in [1.807, 2.05) is 19.1 Å². The minimum atomic E-state index is -2.39. The quantitative estimate of drug-likeness (QED) is 0.253. The molecule has 14 heteroatoms. The number of aromatic nitrogens is 2. The highest BCUT2D eigenvalue weighted by atomic mass is 32.3. The fourth-order valence-electron chi connectivity index (χ4n) is 4.24. The molecule has 0 radical (unpaired) electrons. The molecule has 0 bridgehead atoms. The Morgan fingerprint density at radius 1 is 1.05 bits per heavy atom. The molecule has 0 saturated carbocycles. The van der Waals surface area contributed by atoms with Crippen LogP contribution in [0.3, 0.4) is 0 Å². The number of benzene rings is 2. The van der Waals surface area contributed by atoms with Gasteiger partial charge >= 0.3 is 3.60 Å². The van der Waals surface area contributed by atoms with Crippen LogP contribution in [0.4, 0.5) is 23.3 Å². The molecule has 1 amide bonds. The first-order chi connectivity index (χ1) is 18.8. The highest BCUT2D eigenvalue weighted by molar-refractivity contribution is 8.29. The lowest BCUT2D eigenvalue weighted by atomic mass is 10.0. The molecule has 2 heterocycles. The maximum Gasteiger partial charge on any atom is 0.338 e. The third kappa shape index (κ3) is 7.35. The van der Waals surface area contributed by atoms with Crippen molar-refractivity contribution in [3.63, 3.8) is 0 Å². The first kappa shape index (κ1) is 29.4. The predicted octanol–water partition coefficient (Wildman–Crippen LogP) is 6.33. The van der Waals surface area contributed by atoms with Crippen molar-refractivity contribution in [2.75, 3.05) is 44.0 Å². The van der Waals surface area contributed by atoms with Gasteiger partial charge in [-0.05, 0) is 76.3 Å². The van der Waals surface area contributed by atoms with E-state index in [9.17, 15) is 16.5 Å². The molecule has 0 atom stereocenters. The van der Waals surface area contributed by atoms with Crippen molar-refractivity contribution < 1.29 is 25.9 Å². The van der Waals surface area contributed by atoms with Crippen molar-refractivity contribution in [1.82, 2.24) is 14.9 Å². The average molecular weight is 600 g/mol. The predicted molar refractivity (Wildman–Crippen MR) is 153 cm³/mol.